The molecular weight excluding hydrogens is 174 g/mol. The maximum Gasteiger partial charge on any atom is 0.320 e. The smallest absolute Gasteiger partial charge is 0.320 e. The summed E-state index contributed by atoms with van der Waals surface area (Å²) >= 11 is 0. The average Bonchev–Trinajstić information content (AvgIpc) is 2.03. The van der Waals surface area contributed by atoms with E-state index < -0.39 is 23.9 Å². The van der Waals surface area contributed by atoms with E-state index in [4.69, 9.17) is 15.9 Å². The van der Waals surface area contributed by atoms with E-state index in [0.29, 0.717) is 0 Å². The van der Waals surface area contributed by atoms with E-state index in [0.717, 1.165) is 0 Å². The molecule has 0 heterocycles. The van der Waals surface area contributed by atoms with Crippen LogP contribution in [0.1, 0.15) is 12.8 Å². The predicted octanol–water partition coefficient (Wildman–Crippen LogP) is 0.0653. The molecule has 0 spiro atoms. The Morgan fingerprint density at radius 2 is 1.92 bits per heavy atom. The zero-order valence-corrected chi connectivity index (χ0v) is 7.14. The lowest BCUT2D eigenvalue weighted by Crippen LogP contribution is -2.34. The fourth-order valence-electron chi connectivity index (χ4n) is 0.906. The van der Waals surface area contributed by atoms with E-state index in [9.17, 15) is 9.59 Å². The van der Waals surface area contributed by atoms with E-state index in [1.54, 1.807) is 0 Å². The summed E-state index contributed by atoms with van der Waals surface area (Å²) in [4.78, 5) is 20.9. The van der Waals surface area contributed by atoms with Crippen molar-refractivity contribution in [2.45, 2.75) is 18.9 Å². The summed E-state index contributed by atoms with van der Waals surface area (Å²) in [6.45, 7) is 3.38. The minimum Gasteiger partial charge on any atom is -0.481 e. The van der Waals surface area contributed by atoms with Gasteiger partial charge in [-0.2, -0.15) is 0 Å². The molecule has 0 radical (unpaired) electrons. The lowest BCUT2D eigenvalue weighted by Gasteiger charge is -2.12. The molecule has 5 nitrogen and oxygen atoms in total. The molecule has 0 saturated heterocycles. The Morgan fingerprint density at radius 3 is 2.23 bits per heavy atom. The van der Waals surface area contributed by atoms with Crippen molar-refractivity contribution in [3.63, 3.8) is 0 Å². The highest BCUT2D eigenvalue weighted by Crippen LogP contribution is 2.11. The van der Waals surface area contributed by atoms with Gasteiger partial charge in [-0.05, 0) is 12.8 Å². The van der Waals surface area contributed by atoms with E-state index in [1.165, 1.54) is 6.08 Å². The molecule has 0 aromatic rings. The zero-order valence-electron chi connectivity index (χ0n) is 7.14. The van der Waals surface area contributed by atoms with Gasteiger partial charge in [-0.25, -0.2) is 0 Å². The normalized spacial score (nSPS) is 14.5. The molecule has 4 N–H and O–H groups in total. The van der Waals surface area contributed by atoms with Crippen molar-refractivity contribution < 1.29 is 19.8 Å². The van der Waals surface area contributed by atoms with Gasteiger partial charge in [0, 0.05) is 0 Å². The lowest BCUT2D eigenvalue weighted by molar-refractivity contribution is -0.143. The van der Waals surface area contributed by atoms with Crippen LogP contribution in [0.2, 0.25) is 0 Å². The number of hydrogen-bond acceptors (Lipinski definition) is 3. The molecule has 0 rings (SSSR count). The SMILES string of the molecule is C=CC[C@@H](C[C@H](N)C(=O)O)C(=O)O. The van der Waals surface area contributed by atoms with Crippen LogP contribution in [0.15, 0.2) is 12.7 Å². The van der Waals surface area contributed by atoms with Crippen molar-refractivity contribution in [3.05, 3.63) is 12.7 Å². The number of carbonyl (C=O) groups is 2. The first-order chi connectivity index (χ1) is 5.99. The molecule has 2 atom stereocenters. The molecule has 0 saturated carbocycles. The molecule has 0 fully saturated rings. The fourth-order valence-corrected chi connectivity index (χ4v) is 0.906. The van der Waals surface area contributed by atoms with Crippen LogP contribution in [0.25, 0.3) is 0 Å². The summed E-state index contributed by atoms with van der Waals surface area (Å²) in [6.07, 6.45) is 1.60. The van der Waals surface area contributed by atoms with Gasteiger partial charge < -0.3 is 15.9 Å². The minimum absolute atomic E-state index is 0.0727. The molecule has 13 heavy (non-hydrogen) atoms. The number of allylic oxidation sites excluding steroid dienone is 1. The molecule has 0 aliphatic heterocycles. The van der Waals surface area contributed by atoms with Crippen molar-refractivity contribution in [2.75, 3.05) is 0 Å². The number of carboxylic acids is 2. The highest BCUT2D eigenvalue weighted by Gasteiger charge is 2.22. The summed E-state index contributed by atoms with van der Waals surface area (Å²) in [5, 5.41) is 17.1. The first kappa shape index (κ1) is 11.6. The summed E-state index contributed by atoms with van der Waals surface area (Å²) in [7, 11) is 0. The average molecular weight is 187 g/mol. The molecular formula is C8H13NO4. The number of aliphatic carboxylic acids is 2. The number of carboxylic acid groups (broad SMARTS) is 2. The Morgan fingerprint density at radius 1 is 1.38 bits per heavy atom. The van der Waals surface area contributed by atoms with E-state index in [1.807, 2.05) is 0 Å². The van der Waals surface area contributed by atoms with Gasteiger partial charge in [0.2, 0.25) is 0 Å². The second kappa shape index (κ2) is 5.31. The third kappa shape index (κ3) is 4.27. The summed E-state index contributed by atoms with van der Waals surface area (Å²) in [5.41, 5.74) is 5.19. The van der Waals surface area contributed by atoms with Crippen LogP contribution in [0.5, 0.6) is 0 Å². The molecule has 0 unspecified atom stereocenters. The molecule has 0 aliphatic rings. The maximum absolute atomic E-state index is 10.6. The summed E-state index contributed by atoms with van der Waals surface area (Å²) in [6, 6.07) is -1.12. The number of hydrogen-bond donors (Lipinski definition) is 3. The van der Waals surface area contributed by atoms with E-state index >= 15 is 0 Å². The van der Waals surface area contributed by atoms with Crippen LogP contribution >= 0.6 is 0 Å². The van der Waals surface area contributed by atoms with Gasteiger partial charge in [-0.15, -0.1) is 6.58 Å². The molecule has 74 valence electrons. The standard InChI is InChI=1S/C8H13NO4/c1-2-3-5(7(10)11)4-6(9)8(12)13/h2,5-6H,1,3-4,9H2,(H,10,11)(H,12,13)/t5-,6-/m0/s1. The van der Waals surface area contributed by atoms with Crippen molar-refractivity contribution in [3.8, 4) is 0 Å². The summed E-state index contributed by atoms with van der Waals surface area (Å²) in [5.74, 6) is -2.99. The van der Waals surface area contributed by atoms with Gasteiger partial charge in [0.25, 0.3) is 0 Å². The Bertz CT molecular complexity index is 214. The predicted molar refractivity (Wildman–Crippen MR) is 46.2 cm³/mol. The lowest BCUT2D eigenvalue weighted by atomic mass is 9.97. The monoisotopic (exact) mass is 187 g/mol. The fraction of sp³-hybridized carbons (Fsp3) is 0.500. The maximum atomic E-state index is 10.6. The first-order valence-corrected chi connectivity index (χ1v) is 3.81. The highest BCUT2D eigenvalue weighted by molar-refractivity contribution is 5.75. The van der Waals surface area contributed by atoms with Gasteiger partial charge in [0.15, 0.2) is 0 Å². The number of rotatable bonds is 6. The Kier molecular flexibility index (Phi) is 4.76. The van der Waals surface area contributed by atoms with Gasteiger partial charge in [0.1, 0.15) is 6.04 Å². The molecule has 0 amide bonds. The van der Waals surface area contributed by atoms with Crippen molar-refractivity contribution in [2.24, 2.45) is 11.7 Å². The van der Waals surface area contributed by atoms with Gasteiger partial charge in [-0.1, -0.05) is 6.08 Å². The third-order valence-corrected chi connectivity index (χ3v) is 1.66. The summed E-state index contributed by atoms with van der Waals surface area (Å²) < 4.78 is 0. The molecule has 0 aromatic carbocycles. The topological polar surface area (TPSA) is 101 Å². The van der Waals surface area contributed by atoms with Crippen LogP contribution in [-0.4, -0.2) is 28.2 Å². The quantitative estimate of drug-likeness (QED) is 0.510. The largest absolute Gasteiger partial charge is 0.481 e. The highest BCUT2D eigenvalue weighted by atomic mass is 16.4. The van der Waals surface area contributed by atoms with E-state index in [2.05, 4.69) is 6.58 Å². The van der Waals surface area contributed by atoms with Gasteiger partial charge in [0.05, 0.1) is 5.92 Å². The molecule has 5 heteroatoms. The van der Waals surface area contributed by atoms with Crippen LogP contribution in [0.4, 0.5) is 0 Å². The second-order valence-corrected chi connectivity index (χ2v) is 2.74. The van der Waals surface area contributed by atoms with E-state index in [-0.39, 0.29) is 12.8 Å². The van der Waals surface area contributed by atoms with Crippen molar-refractivity contribution in [1.82, 2.24) is 0 Å². The molecule has 0 bridgehead atoms. The minimum atomic E-state index is -1.18. The van der Waals surface area contributed by atoms with Crippen LogP contribution < -0.4 is 5.73 Å². The van der Waals surface area contributed by atoms with Gasteiger partial charge in [-0.3, -0.25) is 9.59 Å². The number of nitrogens with two attached hydrogens (primary N) is 1. The first-order valence-electron chi connectivity index (χ1n) is 3.81. The third-order valence-electron chi connectivity index (χ3n) is 1.66. The Labute approximate surface area is 75.9 Å². The second-order valence-electron chi connectivity index (χ2n) is 2.74. The molecule has 0 aromatic heterocycles. The van der Waals surface area contributed by atoms with Crippen LogP contribution in [0, 0.1) is 5.92 Å². The Balaban J connectivity index is 4.16. The van der Waals surface area contributed by atoms with Crippen molar-refractivity contribution >= 4 is 11.9 Å². The molecule has 0 aliphatic carbocycles. The van der Waals surface area contributed by atoms with Crippen LogP contribution in [-0.2, 0) is 9.59 Å². The van der Waals surface area contributed by atoms with Crippen molar-refractivity contribution in [1.29, 1.82) is 0 Å². The van der Waals surface area contributed by atoms with Gasteiger partial charge >= 0.3 is 11.9 Å². The zero-order chi connectivity index (χ0) is 10.4. The van der Waals surface area contributed by atoms with Crippen LogP contribution in [0.3, 0.4) is 0 Å². The Hall–Kier alpha value is -1.36.